The molecule has 8 nitrogen and oxygen atoms in total. The fraction of sp³-hybridized carbons (Fsp3) is 0.821. The molecule has 0 unspecified atom stereocenters. The number of carbonyl (C=O) groups is 1. The number of aromatic nitrogens is 3. The first-order valence-corrected chi connectivity index (χ1v) is 14.0. The van der Waals surface area contributed by atoms with Crippen molar-refractivity contribution in [1.29, 1.82) is 0 Å². The second-order valence-electron chi connectivity index (χ2n) is 13.3. The average molecular weight is 498 g/mol. The topological polar surface area (TPSA) is 107 Å². The molecular weight excluding hydrogens is 458 g/mol. The SMILES string of the molecule is C=C1C(=O)[C@]23[C@H](O)[C@H]1C[C@H](O)[C@H]2[C@]12CCCC(C)(C)[C@H]1C[C@H]3O[C@@H]2OCCn1cc(CC2CC2)nn1. The fourth-order valence-corrected chi connectivity index (χ4v) is 9.48. The lowest BCUT2D eigenvalue weighted by atomic mass is 9.37. The zero-order valence-electron chi connectivity index (χ0n) is 21.4. The molecule has 9 atom stereocenters. The molecular formula is C28H39N3O5. The zero-order chi connectivity index (χ0) is 25.0. The Morgan fingerprint density at radius 1 is 1.25 bits per heavy atom. The van der Waals surface area contributed by atoms with E-state index in [9.17, 15) is 15.0 Å². The first kappa shape index (κ1) is 23.5. The summed E-state index contributed by atoms with van der Waals surface area (Å²) in [5.41, 5.74) is -0.0929. The Bertz CT molecular complexity index is 1100. The molecule has 7 fully saturated rings. The van der Waals surface area contributed by atoms with Crippen LogP contribution in [0, 0.1) is 39.9 Å². The van der Waals surface area contributed by atoms with Gasteiger partial charge in [0, 0.05) is 23.4 Å². The van der Waals surface area contributed by atoms with Gasteiger partial charge in [0.25, 0.3) is 0 Å². The van der Waals surface area contributed by atoms with Gasteiger partial charge in [-0.2, -0.15) is 0 Å². The van der Waals surface area contributed by atoms with E-state index in [1.807, 2.05) is 10.9 Å². The van der Waals surface area contributed by atoms with Crippen LogP contribution in [-0.4, -0.2) is 62.2 Å². The number of fused-ring (bicyclic) bond motifs is 2. The summed E-state index contributed by atoms with van der Waals surface area (Å²) in [6.45, 7) is 9.67. The quantitative estimate of drug-likeness (QED) is 0.582. The van der Waals surface area contributed by atoms with Gasteiger partial charge in [0.15, 0.2) is 12.1 Å². The van der Waals surface area contributed by atoms with Crippen molar-refractivity contribution in [2.24, 2.45) is 39.9 Å². The fourth-order valence-electron chi connectivity index (χ4n) is 9.48. The smallest absolute Gasteiger partial charge is 0.170 e. The Hall–Kier alpha value is -1.61. The van der Waals surface area contributed by atoms with Crippen LogP contribution in [0.4, 0.5) is 0 Å². The largest absolute Gasteiger partial charge is 0.393 e. The van der Waals surface area contributed by atoms with Gasteiger partial charge in [0.05, 0.1) is 42.6 Å². The predicted octanol–water partition coefficient (Wildman–Crippen LogP) is 2.67. The van der Waals surface area contributed by atoms with Crippen LogP contribution in [0.25, 0.3) is 0 Å². The molecule has 2 N–H and O–H groups in total. The molecule has 2 saturated heterocycles. The minimum Gasteiger partial charge on any atom is -0.393 e. The van der Waals surface area contributed by atoms with E-state index in [0.717, 1.165) is 37.3 Å². The third-order valence-electron chi connectivity index (χ3n) is 11.1. The first-order valence-electron chi connectivity index (χ1n) is 14.0. The standard InChI is InChI=1S/C28H39N3O5/c1-15-18-12-19(32)22-27-8-4-7-26(2,3)20(27)13-21(28(22,23(15)33)24(18)34)36-25(27)35-10-9-31-14-17(29-30-31)11-16-5-6-16/h14,16,18-22,24-25,32,34H,1,4-13H2,2-3H3/t18-,19-,20+,21+,22-,24+,25-,27-,28+/m0/s1. The second-order valence-corrected chi connectivity index (χ2v) is 13.3. The third kappa shape index (κ3) is 2.93. The van der Waals surface area contributed by atoms with Gasteiger partial charge in [0.1, 0.15) is 0 Å². The summed E-state index contributed by atoms with van der Waals surface area (Å²) in [5.74, 6) is 0.157. The van der Waals surface area contributed by atoms with E-state index in [4.69, 9.17) is 9.47 Å². The maximum atomic E-state index is 13.8. The average Bonchev–Trinajstić information content (AvgIpc) is 3.53. The van der Waals surface area contributed by atoms with E-state index in [-0.39, 0.29) is 29.0 Å². The van der Waals surface area contributed by atoms with Gasteiger partial charge in [-0.1, -0.05) is 32.1 Å². The summed E-state index contributed by atoms with van der Waals surface area (Å²) in [6, 6.07) is 0. The molecule has 7 aliphatic rings. The Balaban J connectivity index is 1.20. The van der Waals surface area contributed by atoms with Crippen molar-refractivity contribution in [2.75, 3.05) is 6.61 Å². The summed E-state index contributed by atoms with van der Waals surface area (Å²) < 4.78 is 15.0. The molecule has 3 heterocycles. The van der Waals surface area contributed by atoms with Crippen LogP contribution < -0.4 is 0 Å². The molecule has 196 valence electrons. The summed E-state index contributed by atoms with van der Waals surface area (Å²) >= 11 is 0. The number of aliphatic hydroxyl groups excluding tert-OH is 2. The van der Waals surface area contributed by atoms with Crippen molar-refractivity contribution in [3.63, 3.8) is 0 Å². The Labute approximate surface area is 212 Å². The number of ether oxygens (including phenoxy) is 2. The molecule has 36 heavy (non-hydrogen) atoms. The number of Topliss-reactive ketones (excluding diaryl/α,β-unsaturated/α-hetero) is 1. The van der Waals surface area contributed by atoms with Crippen molar-refractivity contribution in [1.82, 2.24) is 15.0 Å². The van der Waals surface area contributed by atoms with Crippen LogP contribution in [0.5, 0.6) is 0 Å². The van der Waals surface area contributed by atoms with Crippen molar-refractivity contribution in [2.45, 2.75) is 96.4 Å². The number of hydrogen-bond donors (Lipinski definition) is 2. The van der Waals surface area contributed by atoms with Crippen molar-refractivity contribution < 1.29 is 24.5 Å². The maximum absolute atomic E-state index is 13.8. The van der Waals surface area contributed by atoms with E-state index in [1.54, 1.807) is 0 Å². The number of ketones is 1. The highest BCUT2D eigenvalue weighted by molar-refractivity contribution is 6.04. The highest BCUT2D eigenvalue weighted by atomic mass is 16.7. The van der Waals surface area contributed by atoms with Gasteiger partial charge in [-0.3, -0.25) is 4.79 Å². The molecule has 0 radical (unpaired) electrons. The molecule has 1 aromatic rings. The molecule has 0 aromatic carbocycles. The molecule has 0 amide bonds. The number of nitrogens with zero attached hydrogens (tertiary/aromatic N) is 3. The third-order valence-corrected chi connectivity index (χ3v) is 11.1. The molecule has 2 spiro atoms. The maximum Gasteiger partial charge on any atom is 0.170 e. The van der Waals surface area contributed by atoms with Crippen LogP contribution in [-0.2, 0) is 27.2 Å². The normalized spacial score (nSPS) is 46.6. The highest BCUT2D eigenvalue weighted by Crippen LogP contribution is 2.75. The highest BCUT2D eigenvalue weighted by Gasteiger charge is 2.81. The summed E-state index contributed by atoms with van der Waals surface area (Å²) in [7, 11) is 0. The first-order chi connectivity index (χ1) is 17.2. The Morgan fingerprint density at radius 2 is 2.06 bits per heavy atom. The predicted molar refractivity (Wildman–Crippen MR) is 129 cm³/mol. The van der Waals surface area contributed by atoms with Crippen LogP contribution in [0.15, 0.2) is 18.3 Å². The number of carbonyl (C=O) groups excluding carboxylic acids is 1. The lowest BCUT2D eigenvalue weighted by molar-refractivity contribution is -0.402. The van der Waals surface area contributed by atoms with E-state index in [2.05, 4.69) is 30.7 Å². The monoisotopic (exact) mass is 497 g/mol. The molecule has 5 aliphatic carbocycles. The van der Waals surface area contributed by atoms with Gasteiger partial charge in [0.2, 0.25) is 0 Å². The lowest BCUT2D eigenvalue weighted by Gasteiger charge is -2.72. The molecule has 4 bridgehead atoms. The van der Waals surface area contributed by atoms with E-state index < -0.39 is 35.4 Å². The van der Waals surface area contributed by atoms with E-state index >= 15 is 0 Å². The second kappa shape index (κ2) is 7.71. The Morgan fingerprint density at radius 3 is 2.83 bits per heavy atom. The molecule has 1 aromatic heterocycles. The number of aliphatic hydroxyl groups is 2. The van der Waals surface area contributed by atoms with Crippen molar-refractivity contribution >= 4 is 5.78 Å². The number of rotatable bonds is 6. The van der Waals surface area contributed by atoms with Crippen LogP contribution >= 0.6 is 0 Å². The van der Waals surface area contributed by atoms with E-state index in [1.165, 1.54) is 12.8 Å². The molecule has 8 rings (SSSR count). The summed E-state index contributed by atoms with van der Waals surface area (Å²) in [4.78, 5) is 13.8. The Kier molecular flexibility index (Phi) is 5.04. The van der Waals surface area contributed by atoms with Gasteiger partial charge in [-0.05, 0) is 67.8 Å². The van der Waals surface area contributed by atoms with Gasteiger partial charge >= 0.3 is 0 Å². The zero-order valence-corrected chi connectivity index (χ0v) is 21.4. The molecule has 2 aliphatic heterocycles. The minimum atomic E-state index is -1.10. The van der Waals surface area contributed by atoms with Gasteiger partial charge in [-0.15, -0.1) is 5.10 Å². The lowest BCUT2D eigenvalue weighted by Crippen LogP contribution is -2.78. The van der Waals surface area contributed by atoms with Crippen molar-refractivity contribution in [3.05, 3.63) is 24.0 Å². The van der Waals surface area contributed by atoms with Crippen molar-refractivity contribution in [3.8, 4) is 0 Å². The van der Waals surface area contributed by atoms with E-state index in [0.29, 0.717) is 31.6 Å². The van der Waals surface area contributed by atoms with Crippen LogP contribution in [0.3, 0.4) is 0 Å². The summed E-state index contributed by atoms with van der Waals surface area (Å²) in [5, 5.41) is 31.8. The number of hydrogen-bond acceptors (Lipinski definition) is 7. The van der Waals surface area contributed by atoms with Crippen LogP contribution in [0.1, 0.15) is 64.5 Å². The molecule has 8 heteroatoms. The minimum absolute atomic E-state index is 0.0350. The van der Waals surface area contributed by atoms with Gasteiger partial charge < -0.3 is 19.7 Å². The van der Waals surface area contributed by atoms with Crippen LogP contribution in [0.2, 0.25) is 0 Å². The summed E-state index contributed by atoms with van der Waals surface area (Å²) in [6.07, 6.45) is 7.07. The van der Waals surface area contributed by atoms with Gasteiger partial charge in [-0.25, -0.2) is 4.68 Å². The molecule has 5 saturated carbocycles.